The van der Waals surface area contributed by atoms with Crippen molar-refractivity contribution in [1.82, 2.24) is 5.43 Å². The molecule has 3 rings (SSSR count). The lowest BCUT2D eigenvalue weighted by molar-refractivity contribution is -0.119. The first kappa shape index (κ1) is 22.0. The molecule has 3 aromatic carbocycles. The van der Waals surface area contributed by atoms with Crippen molar-refractivity contribution in [3.05, 3.63) is 90.5 Å². The molecule has 0 fully saturated rings. The maximum absolute atomic E-state index is 13.1. The number of nitrogens with zero attached hydrogens (tertiary/aromatic N) is 2. The van der Waals surface area contributed by atoms with E-state index in [-0.39, 0.29) is 4.90 Å². The first-order valence-corrected chi connectivity index (χ1v) is 11.1. The van der Waals surface area contributed by atoms with Gasteiger partial charge in [-0.25, -0.2) is 13.8 Å². The molecule has 0 unspecified atom stereocenters. The second kappa shape index (κ2) is 10.4. The van der Waals surface area contributed by atoms with Gasteiger partial charge in [-0.1, -0.05) is 36.4 Å². The lowest BCUT2D eigenvalue weighted by Gasteiger charge is -2.23. The number of para-hydroxylation sites is 1. The highest BCUT2D eigenvalue weighted by Crippen LogP contribution is 2.23. The van der Waals surface area contributed by atoms with Gasteiger partial charge in [-0.3, -0.25) is 9.10 Å². The van der Waals surface area contributed by atoms with Crippen LogP contribution in [0.15, 0.2) is 94.9 Å². The number of hydrogen-bond acceptors (Lipinski definition) is 5. The number of rotatable bonds is 9. The second-order valence-electron chi connectivity index (χ2n) is 6.46. The van der Waals surface area contributed by atoms with E-state index < -0.39 is 22.5 Å². The van der Waals surface area contributed by atoms with Gasteiger partial charge in [0.1, 0.15) is 12.3 Å². The summed E-state index contributed by atoms with van der Waals surface area (Å²) in [4.78, 5) is 12.6. The van der Waals surface area contributed by atoms with Gasteiger partial charge < -0.3 is 4.74 Å². The summed E-state index contributed by atoms with van der Waals surface area (Å²) in [6.45, 7) is 2.07. The van der Waals surface area contributed by atoms with Crippen LogP contribution in [0.25, 0.3) is 0 Å². The summed E-state index contributed by atoms with van der Waals surface area (Å²) in [6.07, 6.45) is 1.48. The van der Waals surface area contributed by atoms with Crippen molar-refractivity contribution < 1.29 is 17.9 Å². The summed E-state index contributed by atoms with van der Waals surface area (Å²) in [5.74, 6) is 0.179. The Balaban J connectivity index is 1.73. The number of sulfonamides is 1. The van der Waals surface area contributed by atoms with E-state index in [1.165, 1.54) is 18.3 Å². The molecule has 0 aliphatic rings. The summed E-state index contributed by atoms with van der Waals surface area (Å²) in [7, 11) is -3.93. The van der Waals surface area contributed by atoms with Crippen LogP contribution in [0.2, 0.25) is 0 Å². The summed E-state index contributed by atoms with van der Waals surface area (Å²) in [5, 5.41) is 3.93. The van der Waals surface area contributed by atoms with E-state index >= 15 is 0 Å². The maximum Gasteiger partial charge on any atom is 0.264 e. The van der Waals surface area contributed by atoms with Gasteiger partial charge in [0.15, 0.2) is 0 Å². The third-order valence-corrected chi connectivity index (χ3v) is 6.04. The van der Waals surface area contributed by atoms with Gasteiger partial charge in [-0.2, -0.15) is 5.10 Å². The van der Waals surface area contributed by atoms with Crippen LogP contribution < -0.4 is 14.5 Å². The third kappa shape index (κ3) is 5.93. The minimum atomic E-state index is -3.93. The van der Waals surface area contributed by atoms with Crippen LogP contribution >= 0.6 is 0 Å². The molecule has 0 spiro atoms. The summed E-state index contributed by atoms with van der Waals surface area (Å²) >= 11 is 0. The number of nitrogens with one attached hydrogen (secondary N) is 1. The van der Waals surface area contributed by atoms with Crippen LogP contribution in [-0.2, 0) is 14.8 Å². The summed E-state index contributed by atoms with van der Waals surface area (Å²) in [5.41, 5.74) is 3.54. The van der Waals surface area contributed by atoms with Crippen molar-refractivity contribution in [2.75, 3.05) is 17.5 Å². The minimum Gasteiger partial charge on any atom is -0.494 e. The monoisotopic (exact) mass is 437 g/mol. The highest BCUT2D eigenvalue weighted by atomic mass is 32.2. The molecule has 0 atom stereocenters. The molecule has 0 aliphatic carbocycles. The minimum absolute atomic E-state index is 0.101. The molecule has 31 heavy (non-hydrogen) atoms. The topological polar surface area (TPSA) is 88.1 Å². The number of amides is 1. The predicted octanol–water partition coefficient (Wildman–Crippen LogP) is 3.43. The van der Waals surface area contributed by atoms with Gasteiger partial charge in [-0.05, 0) is 61.0 Å². The van der Waals surface area contributed by atoms with E-state index in [0.717, 1.165) is 15.6 Å². The Labute approximate surface area is 182 Å². The van der Waals surface area contributed by atoms with E-state index in [9.17, 15) is 13.2 Å². The molecule has 3 aromatic rings. The first-order chi connectivity index (χ1) is 15.0. The number of carbonyl (C=O) groups is 1. The van der Waals surface area contributed by atoms with E-state index in [4.69, 9.17) is 4.74 Å². The number of hydrogen-bond donors (Lipinski definition) is 1. The molecule has 0 saturated carbocycles. The lowest BCUT2D eigenvalue weighted by Crippen LogP contribution is -2.39. The average molecular weight is 438 g/mol. The molecule has 8 heteroatoms. The van der Waals surface area contributed by atoms with Crippen molar-refractivity contribution in [1.29, 1.82) is 0 Å². The van der Waals surface area contributed by atoms with Crippen LogP contribution in [-0.4, -0.2) is 33.7 Å². The molecule has 1 N–H and O–H groups in total. The maximum atomic E-state index is 13.1. The van der Waals surface area contributed by atoms with Gasteiger partial charge in [0.25, 0.3) is 15.9 Å². The fraction of sp³-hybridized carbons (Fsp3) is 0.130. The zero-order chi connectivity index (χ0) is 22.1. The zero-order valence-electron chi connectivity index (χ0n) is 17.0. The van der Waals surface area contributed by atoms with Crippen molar-refractivity contribution in [3.8, 4) is 5.75 Å². The number of anilines is 1. The summed E-state index contributed by atoms with van der Waals surface area (Å²) in [6, 6.07) is 23.7. The van der Waals surface area contributed by atoms with Gasteiger partial charge in [0.05, 0.1) is 23.4 Å². The number of hydrazone groups is 1. The fourth-order valence-electron chi connectivity index (χ4n) is 2.79. The SMILES string of the molecule is CCOc1ccc(/C=N\NC(=O)CN(c2ccccc2)S(=O)(=O)c2ccccc2)cc1. The largest absolute Gasteiger partial charge is 0.494 e. The van der Waals surface area contributed by atoms with Crippen molar-refractivity contribution in [3.63, 3.8) is 0 Å². The Bertz CT molecular complexity index is 1120. The molecular weight excluding hydrogens is 414 g/mol. The molecule has 0 radical (unpaired) electrons. The summed E-state index contributed by atoms with van der Waals surface area (Å²) < 4.78 is 32.7. The van der Waals surface area contributed by atoms with Crippen LogP contribution in [0.5, 0.6) is 5.75 Å². The molecule has 7 nitrogen and oxygen atoms in total. The lowest BCUT2D eigenvalue weighted by atomic mass is 10.2. The van der Waals surface area contributed by atoms with Gasteiger partial charge in [0, 0.05) is 0 Å². The fourth-order valence-corrected chi connectivity index (χ4v) is 4.23. The predicted molar refractivity (Wildman–Crippen MR) is 121 cm³/mol. The Morgan fingerprint density at radius 2 is 1.58 bits per heavy atom. The Kier molecular flexibility index (Phi) is 7.40. The Hall–Kier alpha value is -3.65. The number of ether oxygens (including phenoxy) is 1. The van der Waals surface area contributed by atoms with E-state index in [1.54, 1.807) is 72.8 Å². The van der Waals surface area contributed by atoms with Crippen LogP contribution in [0.3, 0.4) is 0 Å². The number of benzene rings is 3. The standard InChI is InChI=1S/C23H23N3O4S/c1-2-30-21-15-13-19(14-16-21)17-24-25-23(27)18-26(20-9-5-3-6-10-20)31(28,29)22-11-7-4-8-12-22/h3-17H,2,18H2,1H3,(H,25,27)/b24-17-. The van der Waals surface area contributed by atoms with E-state index in [2.05, 4.69) is 10.5 Å². The third-order valence-electron chi connectivity index (χ3n) is 4.26. The molecule has 160 valence electrons. The highest BCUT2D eigenvalue weighted by Gasteiger charge is 2.26. The molecule has 0 aromatic heterocycles. The molecule has 0 heterocycles. The van der Waals surface area contributed by atoms with Gasteiger partial charge in [-0.15, -0.1) is 0 Å². The van der Waals surface area contributed by atoms with Crippen LogP contribution in [0.4, 0.5) is 5.69 Å². The van der Waals surface area contributed by atoms with Crippen LogP contribution in [0, 0.1) is 0 Å². The smallest absolute Gasteiger partial charge is 0.264 e. The molecule has 0 bridgehead atoms. The number of carbonyl (C=O) groups excluding carboxylic acids is 1. The molecule has 0 aliphatic heterocycles. The quantitative estimate of drug-likeness (QED) is 0.410. The Morgan fingerprint density at radius 3 is 2.19 bits per heavy atom. The molecular formula is C23H23N3O4S. The van der Waals surface area contributed by atoms with Crippen LogP contribution in [0.1, 0.15) is 12.5 Å². The molecule has 1 amide bonds. The average Bonchev–Trinajstić information content (AvgIpc) is 2.80. The van der Waals surface area contributed by atoms with E-state index in [1.807, 2.05) is 6.92 Å². The highest BCUT2D eigenvalue weighted by molar-refractivity contribution is 7.92. The van der Waals surface area contributed by atoms with E-state index in [0.29, 0.717) is 12.3 Å². The first-order valence-electron chi connectivity index (χ1n) is 9.68. The van der Waals surface area contributed by atoms with Crippen molar-refractivity contribution in [2.24, 2.45) is 5.10 Å². The second-order valence-corrected chi connectivity index (χ2v) is 8.32. The van der Waals surface area contributed by atoms with Gasteiger partial charge >= 0.3 is 0 Å². The molecule has 0 saturated heterocycles. The zero-order valence-corrected chi connectivity index (χ0v) is 17.8. The van der Waals surface area contributed by atoms with Crippen molar-refractivity contribution in [2.45, 2.75) is 11.8 Å². The van der Waals surface area contributed by atoms with Gasteiger partial charge in [0.2, 0.25) is 0 Å². The van der Waals surface area contributed by atoms with Crippen molar-refractivity contribution >= 4 is 27.8 Å². The normalized spacial score (nSPS) is 11.3. The Morgan fingerprint density at radius 1 is 0.968 bits per heavy atom.